The summed E-state index contributed by atoms with van der Waals surface area (Å²) in [6.45, 7) is 5.40. The van der Waals surface area contributed by atoms with Crippen LogP contribution in [0.5, 0.6) is 0 Å². The van der Waals surface area contributed by atoms with E-state index in [0.717, 1.165) is 0 Å². The molecule has 100 valence electrons. The largest absolute Gasteiger partial charge is 0.480 e. The van der Waals surface area contributed by atoms with Crippen molar-refractivity contribution < 1.29 is 19.1 Å². The van der Waals surface area contributed by atoms with E-state index in [0.29, 0.717) is 5.76 Å². The molecule has 0 aliphatic carbocycles. The molecule has 1 amide bonds. The van der Waals surface area contributed by atoms with Crippen LogP contribution in [0.1, 0.15) is 37.1 Å². The minimum atomic E-state index is -1.08. The van der Waals surface area contributed by atoms with Gasteiger partial charge in [0.05, 0.1) is 6.54 Å². The lowest BCUT2D eigenvalue weighted by atomic mass is 9.87. The van der Waals surface area contributed by atoms with Crippen LogP contribution in [-0.4, -0.2) is 23.0 Å². The van der Waals surface area contributed by atoms with E-state index in [2.05, 4.69) is 5.32 Å². The fraction of sp³-hybridized carbons (Fsp3) is 0.500. The summed E-state index contributed by atoms with van der Waals surface area (Å²) in [5.74, 6) is -1.10. The average molecular weight is 254 g/mol. The summed E-state index contributed by atoms with van der Waals surface area (Å²) in [6.07, 6.45) is 0. The average Bonchev–Trinajstić information content (AvgIpc) is 2.71. The Bertz CT molecular complexity index is 445. The Labute approximate surface area is 105 Å². The summed E-state index contributed by atoms with van der Waals surface area (Å²) < 4.78 is 5.16. The smallest absolute Gasteiger partial charge is 0.326 e. The first-order valence-corrected chi connectivity index (χ1v) is 5.58. The van der Waals surface area contributed by atoms with E-state index in [-0.39, 0.29) is 12.3 Å². The highest BCUT2D eigenvalue weighted by atomic mass is 16.4. The third-order valence-electron chi connectivity index (χ3n) is 2.48. The van der Waals surface area contributed by atoms with Crippen LogP contribution >= 0.6 is 0 Å². The summed E-state index contributed by atoms with van der Waals surface area (Å²) >= 11 is 0. The zero-order chi connectivity index (χ0) is 13.9. The summed E-state index contributed by atoms with van der Waals surface area (Å²) in [5.41, 5.74) is 4.77. The van der Waals surface area contributed by atoms with Crippen molar-refractivity contribution in [3.8, 4) is 0 Å². The van der Waals surface area contributed by atoms with Crippen molar-refractivity contribution in [2.24, 2.45) is 11.1 Å². The molecule has 0 saturated carbocycles. The Morgan fingerprint density at radius 2 is 2.06 bits per heavy atom. The molecule has 0 aliphatic heterocycles. The lowest BCUT2D eigenvalue weighted by Gasteiger charge is -2.27. The predicted octanol–water partition coefficient (Wildman–Crippen LogP) is 0.967. The van der Waals surface area contributed by atoms with Gasteiger partial charge in [0.15, 0.2) is 5.76 Å². The molecule has 0 spiro atoms. The van der Waals surface area contributed by atoms with Crippen molar-refractivity contribution in [3.05, 3.63) is 23.7 Å². The van der Waals surface area contributed by atoms with Crippen molar-refractivity contribution in [3.63, 3.8) is 0 Å². The topological polar surface area (TPSA) is 106 Å². The molecule has 4 N–H and O–H groups in total. The number of aliphatic carboxylic acids is 1. The van der Waals surface area contributed by atoms with E-state index in [9.17, 15) is 9.59 Å². The normalized spacial score (nSPS) is 13.1. The van der Waals surface area contributed by atoms with Gasteiger partial charge in [-0.25, -0.2) is 4.79 Å². The molecule has 1 rings (SSSR count). The fourth-order valence-corrected chi connectivity index (χ4v) is 1.46. The van der Waals surface area contributed by atoms with E-state index < -0.39 is 23.3 Å². The SMILES string of the molecule is CC(C)(C)[C@H](NC(=O)c1ccc(CN)o1)C(=O)O. The van der Waals surface area contributed by atoms with Crippen LogP contribution in [0.2, 0.25) is 0 Å². The number of carbonyl (C=O) groups is 2. The van der Waals surface area contributed by atoms with Crippen LogP contribution in [0.25, 0.3) is 0 Å². The molecule has 0 bridgehead atoms. The first-order chi connectivity index (χ1) is 8.25. The highest BCUT2D eigenvalue weighted by Crippen LogP contribution is 2.20. The lowest BCUT2D eigenvalue weighted by molar-refractivity contribution is -0.142. The number of carboxylic acid groups (broad SMARTS) is 1. The number of rotatable bonds is 4. The van der Waals surface area contributed by atoms with Crippen LogP contribution in [-0.2, 0) is 11.3 Å². The van der Waals surface area contributed by atoms with Gasteiger partial charge in [0.2, 0.25) is 0 Å². The van der Waals surface area contributed by atoms with E-state index in [1.807, 2.05) is 0 Å². The van der Waals surface area contributed by atoms with Crippen LogP contribution < -0.4 is 11.1 Å². The third-order valence-corrected chi connectivity index (χ3v) is 2.48. The highest BCUT2D eigenvalue weighted by molar-refractivity contribution is 5.94. The summed E-state index contributed by atoms with van der Waals surface area (Å²) in [7, 11) is 0. The molecule has 1 heterocycles. The van der Waals surface area contributed by atoms with Crippen molar-refractivity contribution in [1.29, 1.82) is 0 Å². The Kier molecular flexibility index (Phi) is 4.13. The van der Waals surface area contributed by atoms with Gasteiger partial charge in [0, 0.05) is 0 Å². The molecular formula is C12H18N2O4. The van der Waals surface area contributed by atoms with Gasteiger partial charge in [-0.3, -0.25) is 4.79 Å². The van der Waals surface area contributed by atoms with Crippen LogP contribution in [0.15, 0.2) is 16.5 Å². The minimum Gasteiger partial charge on any atom is -0.480 e. The third kappa shape index (κ3) is 3.33. The maximum absolute atomic E-state index is 11.8. The van der Waals surface area contributed by atoms with Gasteiger partial charge in [0.1, 0.15) is 11.8 Å². The monoisotopic (exact) mass is 254 g/mol. The quantitative estimate of drug-likeness (QED) is 0.742. The van der Waals surface area contributed by atoms with Crippen LogP contribution in [0, 0.1) is 5.41 Å². The number of carbonyl (C=O) groups excluding carboxylic acids is 1. The molecule has 6 heteroatoms. The van der Waals surface area contributed by atoms with Gasteiger partial charge < -0.3 is 20.6 Å². The molecule has 1 atom stereocenters. The molecule has 18 heavy (non-hydrogen) atoms. The first kappa shape index (κ1) is 14.2. The van der Waals surface area contributed by atoms with Gasteiger partial charge in [-0.2, -0.15) is 0 Å². The minimum absolute atomic E-state index is 0.0611. The van der Waals surface area contributed by atoms with Gasteiger partial charge in [-0.05, 0) is 17.5 Å². The summed E-state index contributed by atoms with van der Waals surface area (Å²) in [5, 5.41) is 11.5. The second-order valence-corrected chi connectivity index (χ2v) is 5.08. The number of carboxylic acids is 1. The van der Waals surface area contributed by atoms with E-state index in [1.165, 1.54) is 6.07 Å². The number of furan rings is 1. The molecule has 1 aromatic heterocycles. The van der Waals surface area contributed by atoms with Crippen molar-refractivity contribution in [2.75, 3.05) is 0 Å². The number of nitrogens with two attached hydrogens (primary N) is 1. The van der Waals surface area contributed by atoms with E-state index in [1.54, 1.807) is 26.8 Å². The van der Waals surface area contributed by atoms with Crippen molar-refractivity contribution in [1.82, 2.24) is 5.32 Å². The first-order valence-electron chi connectivity index (χ1n) is 5.58. The Hall–Kier alpha value is -1.82. The molecule has 0 unspecified atom stereocenters. The molecule has 6 nitrogen and oxygen atoms in total. The Balaban J connectivity index is 2.82. The van der Waals surface area contributed by atoms with Gasteiger partial charge in [-0.15, -0.1) is 0 Å². The molecule has 1 aromatic rings. The molecule has 0 aliphatic rings. The van der Waals surface area contributed by atoms with E-state index in [4.69, 9.17) is 15.3 Å². The number of hydrogen-bond donors (Lipinski definition) is 3. The molecule has 0 saturated heterocycles. The van der Waals surface area contributed by atoms with Crippen LogP contribution in [0.3, 0.4) is 0 Å². The Morgan fingerprint density at radius 3 is 2.44 bits per heavy atom. The fourth-order valence-electron chi connectivity index (χ4n) is 1.46. The van der Waals surface area contributed by atoms with Crippen molar-refractivity contribution in [2.45, 2.75) is 33.4 Å². The predicted molar refractivity (Wildman–Crippen MR) is 64.9 cm³/mol. The maximum Gasteiger partial charge on any atom is 0.326 e. The Morgan fingerprint density at radius 1 is 1.44 bits per heavy atom. The van der Waals surface area contributed by atoms with Gasteiger partial charge in [0.25, 0.3) is 5.91 Å². The maximum atomic E-state index is 11.8. The highest BCUT2D eigenvalue weighted by Gasteiger charge is 2.33. The standard InChI is InChI=1S/C12H18N2O4/c1-12(2,3)9(11(16)17)14-10(15)8-5-4-7(6-13)18-8/h4-5,9H,6,13H2,1-3H3,(H,14,15)(H,16,17)/t9-/m1/s1. The second kappa shape index (κ2) is 5.22. The number of nitrogens with one attached hydrogen (secondary N) is 1. The van der Waals surface area contributed by atoms with Crippen molar-refractivity contribution >= 4 is 11.9 Å². The zero-order valence-corrected chi connectivity index (χ0v) is 10.7. The van der Waals surface area contributed by atoms with Gasteiger partial charge in [-0.1, -0.05) is 20.8 Å². The molecule has 0 radical (unpaired) electrons. The zero-order valence-electron chi connectivity index (χ0n) is 10.7. The second-order valence-electron chi connectivity index (χ2n) is 5.08. The summed E-state index contributed by atoms with van der Waals surface area (Å²) in [6, 6.07) is 2.07. The molecular weight excluding hydrogens is 236 g/mol. The lowest BCUT2D eigenvalue weighted by Crippen LogP contribution is -2.49. The number of amides is 1. The molecule has 0 fully saturated rings. The summed E-state index contributed by atoms with van der Waals surface area (Å²) in [4.78, 5) is 22.9. The molecule has 0 aromatic carbocycles. The van der Waals surface area contributed by atoms with Gasteiger partial charge >= 0.3 is 5.97 Å². The van der Waals surface area contributed by atoms with E-state index >= 15 is 0 Å². The van der Waals surface area contributed by atoms with Crippen LogP contribution in [0.4, 0.5) is 0 Å². The number of hydrogen-bond acceptors (Lipinski definition) is 4.